The predicted octanol–water partition coefficient (Wildman–Crippen LogP) is 4.99. The van der Waals surface area contributed by atoms with Crippen molar-refractivity contribution in [3.63, 3.8) is 0 Å². The normalized spacial score (nSPS) is 14.5. The van der Waals surface area contributed by atoms with Crippen molar-refractivity contribution in [2.75, 3.05) is 65.9 Å². The van der Waals surface area contributed by atoms with Crippen LogP contribution in [0.2, 0.25) is 5.02 Å². The third-order valence-corrected chi connectivity index (χ3v) is 6.49. The van der Waals surface area contributed by atoms with Crippen molar-refractivity contribution in [1.29, 1.82) is 0 Å². The lowest BCUT2D eigenvalue weighted by Gasteiger charge is -2.25. The van der Waals surface area contributed by atoms with E-state index in [1.54, 1.807) is 6.07 Å². The fourth-order valence-electron chi connectivity index (χ4n) is 4.09. The topological polar surface area (TPSA) is 72.0 Å². The third kappa shape index (κ3) is 7.88. The second-order valence-electron chi connectivity index (χ2n) is 9.53. The second kappa shape index (κ2) is 13.2. The molecule has 8 nitrogen and oxygen atoms in total. The Kier molecular flexibility index (Phi) is 9.74. The molecule has 0 radical (unpaired) electrons. The summed E-state index contributed by atoms with van der Waals surface area (Å²) in [4.78, 5) is 13.4. The molecule has 1 aromatic heterocycles. The van der Waals surface area contributed by atoms with Gasteiger partial charge in [-0.3, -0.25) is 0 Å². The van der Waals surface area contributed by atoms with Gasteiger partial charge in [0.2, 0.25) is 0 Å². The molecule has 0 atom stereocenters. The smallest absolute Gasteiger partial charge is 0.145 e. The number of likely N-dealkylation sites (N-methyl/N-ethyl adjacent to an activating group) is 2. The van der Waals surface area contributed by atoms with Gasteiger partial charge in [0, 0.05) is 50.3 Å². The van der Waals surface area contributed by atoms with Gasteiger partial charge in [0.15, 0.2) is 0 Å². The van der Waals surface area contributed by atoms with Crippen LogP contribution in [0.15, 0.2) is 36.7 Å². The Balaban J connectivity index is 1.54. The first-order valence-electron chi connectivity index (χ1n) is 12.6. The summed E-state index contributed by atoms with van der Waals surface area (Å²) in [6.45, 7) is 4.89. The Labute approximate surface area is 222 Å². The lowest BCUT2D eigenvalue weighted by molar-refractivity contribution is 0.0261. The minimum atomic E-state index is -0.478. The van der Waals surface area contributed by atoms with Gasteiger partial charge in [0.1, 0.15) is 35.6 Å². The van der Waals surface area contributed by atoms with E-state index >= 15 is 0 Å². The van der Waals surface area contributed by atoms with Gasteiger partial charge in [0.05, 0.1) is 35.7 Å². The van der Waals surface area contributed by atoms with Crippen LogP contribution >= 0.6 is 11.6 Å². The molecular formula is C27H35ClFN5O3. The van der Waals surface area contributed by atoms with Gasteiger partial charge in [-0.15, -0.1) is 0 Å². The number of hydrogen-bond acceptors (Lipinski definition) is 8. The predicted molar refractivity (Wildman–Crippen MR) is 145 cm³/mol. The summed E-state index contributed by atoms with van der Waals surface area (Å²) in [6.07, 6.45) is 4.01. The summed E-state index contributed by atoms with van der Waals surface area (Å²) < 4.78 is 31.7. The number of rotatable bonds is 12. The highest BCUT2D eigenvalue weighted by Gasteiger charge is 2.20. The van der Waals surface area contributed by atoms with Crippen molar-refractivity contribution in [2.45, 2.75) is 25.4 Å². The van der Waals surface area contributed by atoms with E-state index in [1.165, 1.54) is 18.5 Å². The first kappa shape index (κ1) is 27.3. The standard InChI is InChI=1S/C27H35ClFN5O3/c1-33(2)10-11-34(3)9-4-12-36-21-16-24-26(25(17-21)37-20-7-13-35-14-8-20)27(31-18-30-24)32-19-5-6-23(29)22(28)15-19/h5-6,15-18,20H,4,7-14H2,1-3H3,(H,30,31,32). The zero-order chi connectivity index (χ0) is 26.2. The molecule has 4 rings (SSSR count). The van der Waals surface area contributed by atoms with Gasteiger partial charge < -0.3 is 29.3 Å². The lowest BCUT2D eigenvalue weighted by atomic mass is 10.1. The maximum atomic E-state index is 13.7. The second-order valence-corrected chi connectivity index (χ2v) is 9.94. The molecule has 2 heterocycles. The van der Waals surface area contributed by atoms with Crippen molar-refractivity contribution >= 4 is 34.0 Å². The molecule has 1 fully saturated rings. The molecule has 0 bridgehead atoms. The molecule has 10 heteroatoms. The molecule has 1 saturated heterocycles. The molecule has 0 spiro atoms. The minimum absolute atomic E-state index is 0.0193. The largest absolute Gasteiger partial charge is 0.493 e. The summed E-state index contributed by atoms with van der Waals surface area (Å²) in [7, 11) is 6.28. The van der Waals surface area contributed by atoms with Crippen LogP contribution in [0.1, 0.15) is 19.3 Å². The molecule has 0 saturated carbocycles. The van der Waals surface area contributed by atoms with Crippen molar-refractivity contribution in [3.8, 4) is 11.5 Å². The number of fused-ring (bicyclic) bond motifs is 1. The van der Waals surface area contributed by atoms with Crippen LogP contribution in [-0.2, 0) is 4.74 Å². The monoisotopic (exact) mass is 531 g/mol. The highest BCUT2D eigenvalue weighted by molar-refractivity contribution is 6.31. The van der Waals surface area contributed by atoms with Crippen LogP contribution in [-0.4, -0.2) is 86.5 Å². The zero-order valence-corrected chi connectivity index (χ0v) is 22.4. The molecule has 1 N–H and O–H groups in total. The van der Waals surface area contributed by atoms with Crippen LogP contribution in [0, 0.1) is 5.82 Å². The van der Waals surface area contributed by atoms with Crippen molar-refractivity contribution in [3.05, 3.63) is 47.5 Å². The number of anilines is 2. The van der Waals surface area contributed by atoms with Crippen LogP contribution < -0.4 is 14.8 Å². The van der Waals surface area contributed by atoms with Gasteiger partial charge in [-0.05, 0) is 45.8 Å². The fourth-order valence-corrected chi connectivity index (χ4v) is 4.27. The van der Waals surface area contributed by atoms with E-state index in [2.05, 4.69) is 46.2 Å². The van der Waals surface area contributed by atoms with Crippen LogP contribution in [0.4, 0.5) is 15.9 Å². The summed E-state index contributed by atoms with van der Waals surface area (Å²) in [5, 5.41) is 4.00. The van der Waals surface area contributed by atoms with E-state index in [-0.39, 0.29) is 11.1 Å². The lowest BCUT2D eigenvalue weighted by Crippen LogP contribution is -2.30. The molecule has 0 amide bonds. The molecule has 0 unspecified atom stereocenters. The number of nitrogens with one attached hydrogen (secondary N) is 1. The number of ether oxygens (including phenoxy) is 3. The Bertz CT molecular complexity index is 1180. The highest BCUT2D eigenvalue weighted by Crippen LogP contribution is 2.37. The summed E-state index contributed by atoms with van der Waals surface area (Å²) in [6, 6.07) is 8.25. The molecular weight excluding hydrogens is 497 g/mol. The number of hydrogen-bond donors (Lipinski definition) is 1. The third-order valence-electron chi connectivity index (χ3n) is 6.20. The maximum absolute atomic E-state index is 13.7. The Morgan fingerprint density at radius 1 is 1.08 bits per heavy atom. The average Bonchev–Trinajstić information content (AvgIpc) is 2.88. The molecule has 3 aromatic rings. The van der Waals surface area contributed by atoms with E-state index in [0.717, 1.165) is 44.3 Å². The van der Waals surface area contributed by atoms with Gasteiger partial charge in [-0.25, -0.2) is 14.4 Å². The quantitative estimate of drug-likeness (QED) is 0.328. The molecule has 1 aliphatic heterocycles. The number of halogens is 2. The van der Waals surface area contributed by atoms with Crippen molar-refractivity contribution < 1.29 is 18.6 Å². The van der Waals surface area contributed by atoms with Crippen LogP contribution in [0.5, 0.6) is 11.5 Å². The molecule has 200 valence electrons. The summed E-state index contributed by atoms with van der Waals surface area (Å²) >= 11 is 5.98. The van der Waals surface area contributed by atoms with Gasteiger partial charge >= 0.3 is 0 Å². The fraction of sp³-hybridized carbons (Fsp3) is 0.481. The SMILES string of the molecule is CN(C)CCN(C)CCCOc1cc(OC2CCOCC2)c2c(Nc3ccc(F)c(Cl)c3)ncnc2c1. The Morgan fingerprint density at radius 3 is 2.65 bits per heavy atom. The average molecular weight is 532 g/mol. The molecule has 37 heavy (non-hydrogen) atoms. The summed E-state index contributed by atoms with van der Waals surface area (Å²) in [5.41, 5.74) is 1.30. The molecule has 1 aliphatic rings. The summed E-state index contributed by atoms with van der Waals surface area (Å²) in [5.74, 6) is 1.40. The van der Waals surface area contributed by atoms with Crippen LogP contribution in [0.3, 0.4) is 0 Å². The number of nitrogens with zero attached hydrogens (tertiary/aromatic N) is 4. The van der Waals surface area contributed by atoms with Crippen molar-refractivity contribution in [2.24, 2.45) is 0 Å². The highest BCUT2D eigenvalue weighted by atomic mass is 35.5. The molecule has 0 aliphatic carbocycles. The van der Waals surface area contributed by atoms with E-state index in [4.69, 9.17) is 25.8 Å². The Morgan fingerprint density at radius 2 is 1.89 bits per heavy atom. The number of aromatic nitrogens is 2. The van der Waals surface area contributed by atoms with E-state index < -0.39 is 5.82 Å². The van der Waals surface area contributed by atoms with Crippen molar-refractivity contribution in [1.82, 2.24) is 19.8 Å². The van der Waals surface area contributed by atoms with E-state index in [1.807, 2.05) is 12.1 Å². The number of benzene rings is 2. The first-order valence-corrected chi connectivity index (χ1v) is 13.0. The van der Waals surface area contributed by atoms with Gasteiger partial charge in [-0.2, -0.15) is 0 Å². The molecule has 2 aromatic carbocycles. The Hall–Kier alpha value is -2.72. The first-order chi connectivity index (χ1) is 17.9. The maximum Gasteiger partial charge on any atom is 0.145 e. The van der Waals surface area contributed by atoms with Crippen LogP contribution in [0.25, 0.3) is 10.9 Å². The minimum Gasteiger partial charge on any atom is -0.493 e. The van der Waals surface area contributed by atoms with Gasteiger partial charge in [0.25, 0.3) is 0 Å². The van der Waals surface area contributed by atoms with E-state index in [9.17, 15) is 4.39 Å². The van der Waals surface area contributed by atoms with E-state index in [0.29, 0.717) is 48.3 Å². The zero-order valence-electron chi connectivity index (χ0n) is 21.7. The van der Waals surface area contributed by atoms with Gasteiger partial charge in [-0.1, -0.05) is 11.6 Å².